The van der Waals surface area contributed by atoms with E-state index >= 15 is 0 Å². The number of nitrogens with zero attached hydrogens (tertiary/aromatic N) is 1. The third-order valence-electron chi connectivity index (χ3n) is 3.41. The van der Waals surface area contributed by atoms with Crippen LogP contribution in [0.3, 0.4) is 0 Å². The summed E-state index contributed by atoms with van der Waals surface area (Å²) in [7, 11) is 1.63. The van der Waals surface area contributed by atoms with Gasteiger partial charge in [0.25, 0.3) is 0 Å². The first kappa shape index (κ1) is 16.5. The molecule has 1 aromatic carbocycles. The molecular formula is C16H23NO3. The van der Waals surface area contributed by atoms with Gasteiger partial charge >= 0.3 is 0 Å². The van der Waals surface area contributed by atoms with E-state index in [9.17, 15) is 10.4 Å². The Hall–Kier alpha value is -1.57. The molecule has 0 aliphatic carbocycles. The van der Waals surface area contributed by atoms with Crippen LogP contribution in [0.25, 0.3) is 0 Å². The summed E-state index contributed by atoms with van der Waals surface area (Å²) < 4.78 is 10.8. The summed E-state index contributed by atoms with van der Waals surface area (Å²) in [5, 5.41) is 18.8. The Bertz CT molecular complexity index is 450. The Balaban J connectivity index is 2.61. The first-order chi connectivity index (χ1) is 9.40. The molecule has 0 aliphatic heterocycles. The van der Waals surface area contributed by atoms with Gasteiger partial charge in [0.15, 0.2) is 5.60 Å². The molecule has 3 atom stereocenters. The van der Waals surface area contributed by atoms with Crippen LogP contribution in [-0.2, 0) is 11.2 Å². The summed E-state index contributed by atoms with van der Waals surface area (Å²) >= 11 is 0. The Labute approximate surface area is 120 Å². The van der Waals surface area contributed by atoms with Crippen LogP contribution in [0.2, 0.25) is 0 Å². The van der Waals surface area contributed by atoms with Gasteiger partial charge in [-0.3, -0.25) is 0 Å². The molecule has 1 rings (SSSR count). The van der Waals surface area contributed by atoms with Gasteiger partial charge in [0, 0.05) is 0 Å². The predicted molar refractivity (Wildman–Crippen MR) is 77.6 cm³/mol. The third kappa shape index (κ3) is 4.84. The van der Waals surface area contributed by atoms with Crippen molar-refractivity contribution in [3.8, 4) is 11.8 Å². The molecule has 1 N–H and O–H groups in total. The van der Waals surface area contributed by atoms with Crippen LogP contribution in [0.1, 0.15) is 32.8 Å². The number of aliphatic hydroxyl groups is 1. The Morgan fingerprint density at radius 1 is 1.30 bits per heavy atom. The predicted octanol–water partition coefficient (Wildman–Crippen LogP) is 2.70. The molecule has 0 amide bonds. The second kappa shape index (κ2) is 7.28. The minimum absolute atomic E-state index is 0.365. The van der Waals surface area contributed by atoms with E-state index in [1.54, 1.807) is 27.9 Å². The van der Waals surface area contributed by atoms with Crippen molar-refractivity contribution in [2.24, 2.45) is 0 Å². The van der Waals surface area contributed by atoms with Gasteiger partial charge in [-0.15, -0.1) is 0 Å². The maximum absolute atomic E-state index is 9.47. The van der Waals surface area contributed by atoms with Crippen LogP contribution in [-0.4, -0.2) is 30.0 Å². The van der Waals surface area contributed by atoms with Crippen molar-refractivity contribution in [1.29, 1.82) is 5.26 Å². The number of rotatable bonds is 7. The standard InChI is InChI=1S/C16H23NO3/c1-12(18)13(2)20-16(3,11-17)10-9-14-5-7-15(19-4)8-6-14/h5-8,12-13,18H,9-10H2,1-4H3. The van der Waals surface area contributed by atoms with E-state index < -0.39 is 11.7 Å². The summed E-state index contributed by atoms with van der Waals surface area (Å²) in [5.41, 5.74) is 0.233. The zero-order chi connectivity index (χ0) is 15.2. The van der Waals surface area contributed by atoms with Crippen molar-refractivity contribution in [3.05, 3.63) is 29.8 Å². The first-order valence-corrected chi connectivity index (χ1v) is 6.80. The van der Waals surface area contributed by atoms with Gasteiger partial charge in [0.2, 0.25) is 0 Å². The number of hydrogen-bond acceptors (Lipinski definition) is 4. The van der Waals surface area contributed by atoms with Crippen LogP contribution in [0.4, 0.5) is 0 Å². The molecule has 4 nitrogen and oxygen atoms in total. The molecule has 4 heteroatoms. The van der Waals surface area contributed by atoms with Crippen molar-refractivity contribution < 1.29 is 14.6 Å². The first-order valence-electron chi connectivity index (χ1n) is 6.80. The number of benzene rings is 1. The third-order valence-corrected chi connectivity index (χ3v) is 3.41. The Kier molecular flexibility index (Phi) is 6.00. The molecule has 0 fully saturated rings. The molecule has 0 saturated carbocycles. The van der Waals surface area contributed by atoms with Crippen molar-refractivity contribution in [2.75, 3.05) is 7.11 Å². The molecule has 20 heavy (non-hydrogen) atoms. The summed E-state index contributed by atoms with van der Waals surface area (Å²) in [6.07, 6.45) is 0.354. The fraction of sp³-hybridized carbons (Fsp3) is 0.562. The number of methoxy groups -OCH3 is 1. The van der Waals surface area contributed by atoms with Gasteiger partial charge in [-0.2, -0.15) is 5.26 Å². The van der Waals surface area contributed by atoms with Crippen molar-refractivity contribution in [2.45, 2.75) is 51.4 Å². The second-order valence-electron chi connectivity index (χ2n) is 5.25. The fourth-order valence-corrected chi connectivity index (χ4v) is 1.83. The Morgan fingerprint density at radius 2 is 1.90 bits per heavy atom. The van der Waals surface area contributed by atoms with E-state index in [1.807, 2.05) is 24.3 Å². The van der Waals surface area contributed by atoms with E-state index in [0.29, 0.717) is 6.42 Å². The van der Waals surface area contributed by atoms with E-state index in [-0.39, 0.29) is 6.10 Å². The number of ether oxygens (including phenoxy) is 2. The average Bonchev–Trinajstić information content (AvgIpc) is 2.45. The van der Waals surface area contributed by atoms with Crippen LogP contribution >= 0.6 is 0 Å². The fourth-order valence-electron chi connectivity index (χ4n) is 1.83. The molecule has 0 aromatic heterocycles. The highest BCUT2D eigenvalue weighted by atomic mass is 16.5. The quantitative estimate of drug-likeness (QED) is 0.832. The van der Waals surface area contributed by atoms with Gasteiger partial charge in [-0.05, 0) is 51.3 Å². The molecule has 0 spiro atoms. The molecule has 1 aromatic rings. The van der Waals surface area contributed by atoms with Crippen LogP contribution in [0, 0.1) is 11.3 Å². The van der Waals surface area contributed by atoms with Crippen molar-refractivity contribution in [1.82, 2.24) is 0 Å². The van der Waals surface area contributed by atoms with E-state index in [4.69, 9.17) is 9.47 Å². The number of nitriles is 1. The number of aliphatic hydroxyl groups excluding tert-OH is 1. The van der Waals surface area contributed by atoms with Crippen molar-refractivity contribution in [3.63, 3.8) is 0 Å². The summed E-state index contributed by atoms with van der Waals surface area (Å²) in [4.78, 5) is 0. The van der Waals surface area contributed by atoms with Crippen molar-refractivity contribution >= 4 is 0 Å². The van der Waals surface area contributed by atoms with E-state index in [2.05, 4.69) is 6.07 Å². The Morgan fingerprint density at radius 3 is 2.35 bits per heavy atom. The molecular weight excluding hydrogens is 254 g/mol. The zero-order valence-electron chi connectivity index (χ0n) is 12.6. The SMILES string of the molecule is COc1ccc(CCC(C)(C#N)OC(C)C(C)O)cc1. The average molecular weight is 277 g/mol. The molecule has 0 bridgehead atoms. The maximum atomic E-state index is 9.47. The smallest absolute Gasteiger partial charge is 0.152 e. The highest BCUT2D eigenvalue weighted by Gasteiger charge is 2.28. The highest BCUT2D eigenvalue weighted by molar-refractivity contribution is 5.27. The molecule has 0 saturated heterocycles. The lowest BCUT2D eigenvalue weighted by Gasteiger charge is -2.28. The number of aryl methyl sites for hydroxylation is 1. The normalized spacial score (nSPS) is 16.8. The molecule has 3 unspecified atom stereocenters. The van der Waals surface area contributed by atoms with E-state index in [0.717, 1.165) is 17.7 Å². The second-order valence-corrected chi connectivity index (χ2v) is 5.25. The molecule has 0 heterocycles. The highest BCUT2D eigenvalue weighted by Crippen LogP contribution is 2.22. The minimum atomic E-state index is -0.893. The monoisotopic (exact) mass is 277 g/mol. The van der Waals surface area contributed by atoms with E-state index in [1.165, 1.54) is 0 Å². The maximum Gasteiger partial charge on any atom is 0.152 e. The van der Waals surface area contributed by atoms with Gasteiger partial charge in [0.1, 0.15) is 5.75 Å². The van der Waals surface area contributed by atoms with Gasteiger partial charge < -0.3 is 14.6 Å². The lowest BCUT2D eigenvalue weighted by atomic mass is 9.97. The van der Waals surface area contributed by atoms with Gasteiger partial charge in [-0.25, -0.2) is 0 Å². The lowest BCUT2D eigenvalue weighted by molar-refractivity contribution is -0.0901. The summed E-state index contributed by atoms with van der Waals surface area (Å²) in [5.74, 6) is 0.816. The molecule has 0 radical (unpaired) electrons. The summed E-state index contributed by atoms with van der Waals surface area (Å²) in [6, 6.07) is 9.96. The summed E-state index contributed by atoms with van der Waals surface area (Å²) in [6.45, 7) is 5.19. The largest absolute Gasteiger partial charge is 0.497 e. The molecule has 110 valence electrons. The van der Waals surface area contributed by atoms with Crippen LogP contribution in [0.5, 0.6) is 5.75 Å². The van der Waals surface area contributed by atoms with Crippen LogP contribution < -0.4 is 4.74 Å². The topological polar surface area (TPSA) is 62.5 Å². The lowest BCUT2D eigenvalue weighted by Crippen LogP contribution is -2.36. The van der Waals surface area contributed by atoms with Gasteiger partial charge in [-0.1, -0.05) is 12.1 Å². The molecule has 0 aliphatic rings. The minimum Gasteiger partial charge on any atom is -0.497 e. The van der Waals surface area contributed by atoms with Gasteiger partial charge in [0.05, 0.1) is 25.4 Å². The zero-order valence-corrected chi connectivity index (χ0v) is 12.6. The number of hydrogen-bond donors (Lipinski definition) is 1. The van der Waals surface area contributed by atoms with Crippen LogP contribution in [0.15, 0.2) is 24.3 Å².